The molecular weight excluding hydrogens is 338 g/mol. The van der Waals surface area contributed by atoms with E-state index in [-0.39, 0.29) is 0 Å². The molecule has 0 aliphatic rings. The van der Waals surface area contributed by atoms with E-state index in [4.69, 9.17) is 0 Å². The minimum absolute atomic E-state index is 0.407. The Morgan fingerprint density at radius 2 is 2.21 bits per heavy atom. The third-order valence-electron chi connectivity index (χ3n) is 2.82. The second kappa shape index (κ2) is 7.48. The standard InChI is InChI=1S/C15H18BrNS2/c1-3-17-14(15-13(16)7-8-18-15)10-19-12-6-4-5-11(2)9-12/h4-9,14,17H,3,10H2,1-2H3. The van der Waals surface area contributed by atoms with Crippen LogP contribution in [0.3, 0.4) is 0 Å². The van der Waals surface area contributed by atoms with Gasteiger partial charge in [0.25, 0.3) is 0 Å². The molecule has 19 heavy (non-hydrogen) atoms. The molecule has 2 rings (SSSR count). The molecule has 4 heteroatoms. The molecule has 0 fully saturated rings. The molecule has 0 saturated carbocycles. The van der Waals surface area contributed by atoms with Crippen LogP contribution >= 0.6 is 39.0 Å². The van der Waals surface area contributed by atoms with E-state index in [1.54, 1.807) is 0 Å². The van der Waals surface area contributed by atoms with Crippen LogP contribution in [-0.4, -0.2) is 12.3 Å². The number of nitrogens with one attached hydrogen (secondary N) is 1. The zero-order chi connectivity index (χ0) is 13.7. The monoisotopic (exact) mass is 355 g/mol. The lowest BCUT2D eigenvalue weighted by atomic mass is 10.2. The summed E-state index contributed by atoms with van der Waals surface area (Å²) in [6.45, 7) is 5.29. The topological polar surface area (TPSA) is 12.0 Å². The zero-order valence-corrected chi connectivity index (χ0v) is 14.4. The lowest BCUT2D eigenvalue weighted by Crippen LogP contribution is -2.22. The summed E-state index contributed by atoms with van der Waals surface area (Å²) in [6, 6.07) is 11.2. The summed E-state index contributed by atoms with van der Waals surface area (Å²) < 4.78 is 1.22. The molecule has 1 atom stereocenters. The molecule has 0 amide bonds. The number of hydrogen-bond acceptors (Lipinski definition) is 3. The van der Waals surface area contributed by atoms with Gasteiger partial charge in [-0.3, -0.25) is 0 Å². The third-order valence-corrected chi connectivity index (χ3v) is 5.89. The Bertz CT molecular complexity index is 524. The first-order valence-corrected chi connectivity index (χ1v) is 9.02. The van der Waals surface area contributed by atoms with Crippen molar-refractivity contribution in [3.63, 3.8) is 0 Å². The number of aryl methyl sites for hydroxylation is 1. The number of benzene rings is 1. The van der Waals surface area contributed by atoms with Gasteiger partial charge in [0.2, 0.25) is 0 Å². The summed E-state index contributed by atoms with van der Waals surface area (Å²) in [6.07, 6.45) is 0. The Morgan fingerprint density at radius 1 is 1.37 bits per heavy atom. The fraction of sp³-hybridized carbons (Fsp3) is 0.333. The highest BCUT2D eigenvalue weighted by Gasteiger charge is 2.15. The average Bonchev–Trinajstić information content (AvgIpc) is 2.81. The molecule has 0 saturated heterocycles. The molecule has 1 aromatic heterocycles. The summed E-state index contributed by atoms with van der Waals surface area (Å²) in [7, 11) is 0. The molecule has 1 aromatic carbocycles. The largest absolute Gasteiger partial charge is 0.309 e. The predicted octanol–water partition coefficient (Wildman–Crippen LogP) is 5.26. The van der Waals surface area contributed by atoms with E-state index in [1.165, 1.54) is 19.8 Å². The van der Waals surface area contributed by atoms with Gasteiger partial charge < -0.3 is 5.32 Å². The first kappa shape index (κ1) is 15.1. The van der Waals surface area contributed by atoms with Crippen molar-refractivity contribution >= 4 is 39.0 Å². The van der Waals surface area contributed by atoms with Crippen LogP contribution in [0, 0.1) is 6.92 Å². The van der Waals surface area contributed by atoms with Gasteiger partial charge in [-0.1, -0.05) is 24.6 Å². The number of hydrogen-bond donors (Lipinski definition) is 1. The maximum Gasteiger partial charge on any atom is 0.0521 e. The van der Waals surface area contributed by atoms with E-state index < -0.39 is 0 Å². The molecule has 0 spiro atoms. The van der Waals surface area contributed by atoms with Crippen molar-refractivity contribution < 1.29 is 0 Å². The van der Waals surface area contributed by atoms with Crippen molar-refractivity contribution in [3.8, 4) is 0 Å². The first-order valence-electron chi connectivity index (χ1n) is 6.36. The predicted molar refractivity (Wildman–Crippen MR) is 90.3 cm³/mol. The second-order valence-electron chi connectivity index (χ2n) is 4.37. The molecule has 1 N–H and O–H groups in total. The summed E-state index contributed by atoms with van der Waals surface area (Å²) in [5.74, 6) is 1.05. The van der Waals surface area contributed by atoms with Crippen molar-refractivity contribution in [3.05, 3.63) is 50.6 Å². The fourth-order valence-corrected chi connectivity index (χ4v) is 4.83. The summed E-state index contributed by atoms with van der Waals surface area (Å²) in [5, 5.41) is 5.71. The highest BCUT2D eigenvalue weighted by Crippen LogP contribution is 2.33. The third kappa shape index (κ3) is 4.35. The molecule has 1 nitrogen and oxygen atoms in total. The van der Waals surface area contributed by atoms with E-state index in [9.17, 15) is 0 Å². The summed E-state index contributed by atoms with van der Waals surface area (Å²) in [5.41, 5.74) is 1.32. The van der Waals surface area contributed by atoms with E-state index in [0.29, 0.717) is 6.04 Å². The van der Waals surface area contributed by atoms with Gasteiger partial charge in [0.15, 0.2) is 0 Å². The van der Waals surface area contributed by atoms with Crippen LogP contribution < -0.4 is 5.32 Å². The molecule has 1 unspecified atom stereocenters. The molecule has 0 bridgehead atoms. The van der Waals surface area contributed by atoms with Gasteiger partial charge in [0.05, 0.1) is 6.04 Å². The van der Waals surface area contributed by atoms with Crippen LogP contribution in [0.15, 0.2) is 45.1 Å². The van der Waals surface area contributed by atoms with Crippen LogP contribution in [0.1, 0.15) is 23.4 Å². The molecular formula is C15H18BrNS2. The lowest BCUT2D eigenvalue weighted by molar-refractivity contribution is 0.613. The Labute approximate surface area is 131 Å². The zero-order valence-electron chi connectivity index (χ0n) is 11.2. The fourth-order valence-electron chi connectivity index (χ4n) is 1.91. The molecule has 0 aliphatic carbocycles. The van der Waals surface area contributed by atoms with E-state index >= 15 is 0 Å². The van der Waals surface area contributed by atoms with Crippen LogP contribution in [0.4, 0.5) is 0 Å². The number of thiophene rings is 1. The number of halogens is 1. The van der Waals surface area contributed by atoms with E-state index in [2.05, 4.69) is 70.8 Å². The quantitative estimate of drug-likeness (QED) is 0.709. The molecule has 1 heterocycles. The van der Waals surface area contributed by atoms with Crippen molar-refractivity contribution in [2.45, 2.75) is 24.8 Å². The molecule has 2 aromatic rings. The van der Waals surface area contributed by atoms with E-state index in [1.807, 2.05) is 23.1 Å². The lowest BCUT2D eigenvalue weighted by Gasteiger charge is -2.17. The highest BCUT2D eigenvalue weighted by molar-refractivity contribution is 9.10. The first-order chi connectivity index (χ1) is 9.20. The van der Waals surface area contributed by atoms with Crippen molar-refractivity contribution in [1.82, 2.24) is 5.32 Å². The van der Waals surface area contributed by atoms with Gasteiger partial charge in [-0.2, -0.15) is 0 Å². The van der Waals surface area contributed by atoms with E-state index in [0.717, 1.165) is 12.3 Å². The van der Waals surface area contributed by atoms with Crippen LogP contribution in [0.25, 0.3) is 0 Å². The number of thioether (sulfide) groups is 1. The van der Waals surface area contributed by atoms with Crippen molar-refractivity contribution in [2.75, 3.05) is 12.3 Å². The minimum atomic E-state index is 0.407. The van der Waals surface area contributed by atoms with Crippen molar-refractivity contribution in [1.29, 1.82) is 0 Å². The molecule has 0 radical (unpaired) electrons. The summed E-state index contributed by atoms with van der Waals surface area (Å²) >= 11 is 7.36. The van der Waals surface area contributed by atoms with Crippen molar-refractivity contribution in [2.24, 2.45) is 0 Å². The Hall–Kier alpha value is -0.290. The van der Waals surface area contributed by atoms with Gasteiger partial charge >= 0.3 is 0 Å². The second-order valence-corrected chi connectivity index (χ2v) is 7.27. The van der Waals surface area contributed by atoms with Gasteiger partial charge in [-0.25, -0.2) is 0 Å². The normalized spacial score (nSPS) is 12.6. The molecule has 102 valence electrons. The minimum Gasteiger partial charge on any atom is -0.309 e. The average molecular weight is 356 g/mol. The summed E-state index contributed by atoms with van der Waals surface area (Å²) in [4.78, 5) is 2.73. The SMILES string of the molecule is CCNC(CSc1cccc(C)c1)c1sccc1Br. The van der Waals surface area contributed by atoms with Gasteiger partial charge in [0.1, 0.15) is 0 Å². The maximum absolute atomic E-state index is 3.64. The maximum atomic E-state index is 3.64. The van der Waals surface area contributed by atoms with Gasteiger partial charge in [0, 0.05) is 20.0 Å². The smallest absolute Gasteiger partial charge is 0.0521 e. The van der Waals surface area contributed by atoms with Gasteiger partial charge in [-0.15, -0.1) is 23.1 Å². The Balaban J connectivity index is 2.04. The van der Waals surface area contributed by atoms with Crippen LogP contribution in [0.2, 0.25) is 0 Å². The molecule has 0 aliphatic heterocycles. The highest BCUT2D eigenvalue weighted by atomic mass is 79.9. The Morgan fingerprint density at radius 3 is 2.84 bits per heavy atom. The number of rotatable bonds is 6. The van der Waals surface area contributed by atoms with Crippen LogP contribution in [0.5, 0.6) is 0 Å². The Kier molecular flexibility index (Phi) is 5.95. The van der Waals surface area contributed by atoms with Crippen LogP contribution in [-0.2, 0) is 0 Å². The van der Waals surface area contributed by atoms with Gasteiger partial charge in [-0.05, 0) is 53.0 Å².